The van der Waals surface area contributed by atoms with Crippen molar-refractivity contribution in [1.29, 1.82) is 0 Å². The zero-order valence-corrected chi connectivity index (χ0v) is 9.45. The molecule has 0 aliphatic heterocycles. The Morgan fingerprint density at radius 1 is 1.20 bits per heavy atom. The Hall–Kier alpha value is -1.06. The minimum atomic E-state index is 0.643. The van der Waals surface area contributed by atoms with Crippen molar-refractivity contribution in [3.05, 3.63) is 29.3 Å². The molecular formula is C12H19NO2. The van der Waals surface area contributed by atoms with Crippen molar-refractivity contribution in [3.8, 4) is 5.75 Å². The van der Waals surface area contributed by atoms with Gasteiger partial charge in [-0.05, 0) is 36.6 Å². The van der Waals surface area contributed by atoms with Crippen molar-refractivity contribution in [2.45, 2.75) is 12.8 Å². The Labute approximate surface area is 91.2 Å². The monoisotopic (exact) mass is 209 g/mol. The molecule has 3 nitrogen and oxygen atoms in total. The highest BCUT2D eigenvalue weighted by atomic mass is 16.5. The lowest BCUT2D eigenvalue weighted by Gasteiger charge is -2.09. The number of methoxy groups -OCH3 is 2. The van der Waals surface area contributed by atoms with Crippen LogP contribution in [-0.2, 0) is 17.6 Å². The Balaban J connectivity index is 2.79. The van der Waals surface area contributed by atoms with E-state index in [1.54, 1.807) is 14.2 Å². The van der Waals surface area contributed by atoms with Crippen molar-refractivity contribution in [2.75, 3.05) is 27.4 Å². The van der Waals surface area contributed by atoms with E-state index in [1.807, 2.05) is 6.07 Å². The lowest BCUT2D eigenvalue weighted by molar-refractivity contribution is 0.202. The molecule has 0 atom stereocenters. The standard InChI is InChI=1S/C12H19NO2/c1-14-8-6-10-3-4-12(15-2)11(9-10)5-7-13/h3-4,9H,5-8,13H2,1-2H3. The van der Waals surface area contributed by atoms with Crippen LogP contribution in [-0.4, -0.2) is 27.4 Å². The fourth-order valence-corrected chi connectivity index (χ4v) is 1.56. The molecule has 0 aliphatic rings. The van der Waals surface area contributed by atoms with Gasteiger partial charge < -0.3 is 15.2 Å². The van der Waals surface area contributed by atoms with Gasteiger partial charge in [-0.25, -0.2) is 0 Å². The van der Waals surface area contributed by atoms with Gasteiger partial charge in [0.15, 0.2) is 0 Å². The van der Waals surface area contributed by atoms with E-state index in [1.165, 1.54) is 11.1 Å². The second kappa shape index (κ2) is 6.43. The second-order valence-electron chi connectivity index (χ2n) is 3.43. The minimum Gasteiger partial charge on any atom is -0.496 e. The van der Waals surface area contributed by atoms with Crippen molar-refractivity contribution in [1.82, 2.24) is 0 Å². The molecule has 0 bridgehead atoms. The molecule has 84 valence electrons. The number of hydrogen-bond donors (Lipinski definition) is 1. The van der Waals surface area contributed by atoms with Gasteiger partial charge in [-0.15, -0.1) is 0 Å². The molecule has 0 radical (unpaired) electrons. The van der Waals surface area contributed by atoms with Crippen LogP contribution in [0.25, 0.3) is 0 Å². The molecule has 0 unspecified atom stereocenters. The van der Waals surface area contributed by atoms with Crippen LogP contribution in [0.1, 0.15) is 11.1 Å². The van der Waals surface area contributed by atoms with Crippen LogP contribution in [0.4, 0.5) is 0 Å². The molecule has 0 aromatic heterocycles. The molecule has 0 saturated heterocycles. The van der Waals surface area contributed by atoms with Crippen LogP contribution >= 0.6 is 0 Å². The Morgan fingerprint density at radius 2 is 2.00 bits per heavy atom. The molecule has 1 aromatic carbocycles. The zero-order valence-electron chi connectivity index (χ0n) is 9.45. The molecule has 3 heteroatoms. The summed E-state index contributed by atoms with van der Waals surface area (Å²) in [6.45, 7) is 1.39. The number of nitrogens with two attached hydrogens (primary N) is 1. The first-order chi connectivity index (χ1) is 7.31. The topological polar surface area (TPSA) is 44.5 Å². The summed E-state index contributed by atoms with van der Waals surface area (Å²) in [6, 6.07) is 6.21. The van der Waals surface area contributed by atoms with E-state index >= 15 is 0 Å². The molecular weight excluding hydrogens is 190 g/mol. The molecule has 15 heavy (non-hydrogen) atoms. The van der Waals surface area contributed by atoms with Crippen LogP contribution in [0.3, 0.4) is 0 Å². The highest BCUT2D eigenvalue weighted by Gasteiger charge is 2.03. The molecule has 0 spiro atoms. The van der Waals surface area contributed by atoms with Gasteiger partial charge in [0.1, 0.15) is 5.75 Å². The van der Waals surface area contributed by atoms with Crippen molar-refractivity contribution in [2.24, 2.45) is 5.73 Å². The lowest BCUT2D eigenvalue weighted by Crippen LogP contribution is -2.05. The van der Waals surface area contributed by atoms with Crippen molar-refractivity contribution >= 4 is 0 Å². The number of rotatable bonds is 6. The molecule has 2 N–H and O–H groups in total. The summed E-state index contributed by atoms with van der Waals surface area (Å²) in [4.78, 5) is 0. The largest absolute Gasteiger partial charge is 0.496 e. The summed E-state index contributed by atoms with van der Waals surface area (Å²) in [6.07, 6.45) is 1.78. The van der Waals surface area contributed by atoms with Gasteiger partial charge in [-0.3, -0.25) is 0 Å². The number of benzene rings is 1. The summed E-state index contributed by atoms with van der Waals surface area (Å²) in [5.41, 5.74) is 7.99. The molecule has 0 aliphatic carbocycles. The summed E-state index contributed by atoms with van der Waals surface area (Å²) in [7, 11) is 3.40. The minimum absolute atomic E-state index is 0.643. The highest BCUT2D eigenvalue weighted by molar-refractivity contribution is 5.37. The average molecular weight is 209 g/mol. The van der Waals surface area contributed by atoms with Gasteiger partial charge in [0, 0.05) is 7.11 Å². The predicted octanol–water partition coefficient (Wildman–Crippen LogP) is 1.39. The first-order valence-corrected chi connectivity index (χ1v) is 5.16. The molecule has 0 amide bonds. The lowest BCUT2D eigenvalue weighted by atomic mass is 10.0. The fraction of sp³-hybridized carbons (Fsp3) is 0.500. The van der Waals surface area contributed by atoms with Crippen molar-refractivity contribution < 1.29 is 9.47 Å². The van der Waals surface area contributed by atoms with E-state index in [0.29, 0.717) is 6.54 Å². The third-order valence-corrected chi connectivity index (χ3v) is 2.35. The van der Waals surface area contributed by atoms with E-state index in [0.717, 1.165) is 25.2 Å². The Bertz CT molecular complexity index is 300. The van der Waals surface area contributed by atoms with E-state index in [-0.39, 0.29) is 0 Å². The Kier molecular flexibility index (Phi) is 5.15. The smallest absolute Gasteiger partial charge is 0.122 e. The quantitative estimate of drug-likeness (QED) is 0.770. The van der Waals surface area contributed by atoms with E-state index in [9.17, 15) is 0 Å². The molecule has 0 fully saturated rings. The maximum atomic E-state index is 5.55. The first-order valence-electron chi connectivity index (χ1n) is 5.16. The van der Waals surface area contributed by atoms with Crippen molar-refractivity contribution in [3.63, 3.8) is 0 Å². The van der Waals surface area contributed by atoms with E-state index in [2.05, 4.69) is 12.1 Å². The van der Waals surface area contributed by atoms with Crippen LogP contribution < -0.4 is 10.5 Å². The summed E-state index contributed by atoms with van der Waals surface area (Å²) in [5.74, 6) is 0.918. The molecule has 1 aromatic rings. The first kappa shape index (κ1) is 12.0. The second-order valence-corrected chi connectivity index (χ2v) is 3.43. The summed E-state index contributed by atoms with van der Waals surface area (Å²) in [5, 5.41) is 0. The van der Waals surface area contributed by atoms with Gasteiger partial charge in [0.25, 0.3) is 0 Å². The van der Waals surface area contributed by atoms with Gasteiger partial charge >= 0.3 is 0 Å². The molecule has 0 heterocycles. The van der Waals surface area contributed by atoms with E-state index < -0.39 is 0 Å². The SMILES string of the molecule is COCCc1ccc(OC)c(CCN)c1. The highest BCUT2D eigenvalue weighted by Crippen LogP contribution is 2.20. The normalized spacial score (nSPS) is 10.3. The maximum Gasteiger partial charge on any atom is 0.122 e. The zero-order chi connectivity index (χ0) is 11.1. The van der Waals surface area contributed by atoms with Gasteiger partial charge in [-0.2, -0.15) is 0 Å². The third kappa shape index (κ3) is 3.53. The number of ether oxygens (including phenoxy) is 2. The fourth-order valence-electron chi connectivity index (χ4n) is 1.56. The third-order valence-electron chi connectivity index (χ3n) is 2.35. The summed E-state index contributed by atoms with van der Waals surface area (Å²) < 4.78 is 10.3. The molecule has 0 saturated carbocycles. The average Bonchev–Trinajstić information content (AvgIpc) is 2.27. The summed E-state index contributed by atoms with van der Waals surface area (Å²) >= 11 is 0. The van der Waals surface area contributed by atoms with Crippen LogP contribution in [0, 0.1) is 0 Å². The van der Waals surface area contributed by atoms with Gasteiger partial charge in [0.2, 0.25) is 0 Å². The van der Waals surface area contributed by atoms with Gasteiger partial charge in [-0.1, -0.05) is 12.1 Å². The van der Waals surface area contributed by atoms with Crippen LogP contribution in [0.2, 0.25) is 0 Å². The van der Waals surface area contributed by atoms with E-state index in [4.69, 9.17) is 15.2 Å². The maximum absolute atomic E-state index is 5.55. The van der Waals surface area contributed by atoms with Crippen LogP contribution in [0.15, 0.2) is 18.2 Å². The van der Waals surface area contributed by atoms with Crippen LogP contribution in [0.5, 0.6) is 5.75 Å². The molecule has 1 rings (SSSR count). The van der Waals surface area contributed by atoms with Gasteiger partial charge in [0.05, 0.1) is 13.7 Å². The predicted molar refractivity (Wildman–Crippen MR) is 61.3 cm³/mol. The Morgan fingerprint density at radius 3 is 2.60 bits per heavy atom. The number of hydrogen-bond acceptors (Lipinski definition) is 3.